The van der Waals surface area contributed by atoms with E-state index in [1.807, 2.05) is 18.2 Å². The van der Waals surface area contributed by atoms with Crippen molar-refractivity contribution in [2.24, 2.45) is 5.92 Å². The van der Waals surface area contributed by atoms with E-state index in [4.69, 9.17) is 0 Å². The summed E-state index contributed by atoms with van der Waals surface area (Å²) in [7, 11) is 0. The van der Waals surface area contributed by atoms with Crippen LogP contribution in [0.25, 0.3) is 10.9 Å². The van der Waals surface area contributed by atoms with E-state index in [1.165, 1.54) is 43.2 Å². The van der Waals surface area contributed by atoms with E-state index in [0.29, 0.717) is 11.7 Å². The Bertz CT molecular complexity index is 716. The fourth-order valence-electron chi connectivity index (χ4n) is 4.16. The molecule has 0 amide bonds. The van der Waals surface area contributed by atoms with Gasteiger partial charge in [0.25, 0.3) is 0 Å². The maximum absolute atomic E-state index is 9.27. The summed E-state index contributed by atoms with van der Waals surface area (Å²) in [6.45, 7) is 1.12. The lowest BCUT2D eigenvalue weighted by Gasteiger charge is -2.33. The van der Waals surface area contributed by atoms with Gasteiger partial charge in [0.2, 0.25) is 0 Å². The highest BCUT2D eigenvalue weighted by Crippen LogP contribution is 2.40. The molecule has 4 rings (SSSR count). The number of nitrogens with zero attached hydrogens (tertiary/aromatic N) is 3. The van der Waals surface area contributed by atoms with E-state index >= 15 is 0 Å². The summed E-state index contributed by atoms with van der Waals surface area (Å²) >= 11 is 0. The van der Waals surface area contributed by atoms with Crippen LogP contribution in [0.2, 0.25) is 0 Å². The summed E-state index contributed by atoms with van der Waals surface area (Å²) in [6, 6.07) is 13.1. The van der Waals surface area contributed by atoms with Crippen molar-refractivity contribution < 1.29 is 0 Å². The van der Waals surface area contributed by atoms with Crippen molar-refractivity contribution in [3.8, 4) is 6.07 Å². The van der Waals surface area contributed by atoms with Crippen LogP contribution in [-0.2, 0) is 0 Å². The third-order valence-electron chi connectivity index (χ3n) is 5.13. The largest absolute Gasteiger partial charge is 0.368 e. The van der Waals surface area contributed by atoms with Crippen molar-refractivity contribution in [2.75, 3.05) is 11.4 Å². The molecule has 2 heterocycles. The molecule has 0 radical (unpaired) electrons. The smallest absolute Gasteiger partial charge is 0.143 e. The van der Waals surface area contributed by atoms with Gasteiger partial charge in [0.15, 0.2) is 0 Å². The molecule has 1 aromatic heterocycles. The molecular formula is C18H19N3. The van der Waals surface area contributed by atoms with Crippen LogP contribution in [0.3, 0.4) is 0 Å². The third-order valence-corrected chi connectivity index (χ3v) is 5.13. The highest BCUT2D eigenvalue weighted by atomic mass is 15.2. The van der Waals surface area contributed by atoms with Crippen LogP contribution in [0.5, 0.6) is 0 Å². The van der Waals surface area contributed by atoms with Crippen molar-refractivity contribution in [1.82, 2.24) is 4.98 Å². The van der Waals surface area contributed by atoms with Crippen LogP contribution in [-0.4, -0.2) is 17.6 Å². The van der Waals surface area contributed by atoms with Crippen molar-refractivity contribution in [3.05, 3.63) is 36.0 Å². The molecular weight excluding hydrogens is 258 g/mol. The predicted octanol–water partition coefficient (Wildman–Crippen LogP) is 3.88. The van der Waals surface area contributed by atoms with Gasteiger partial charge in [-0.05, 0) is 37.3 Å². The number of anilines is 1. The average Bonchev–Trinajstić information content (AvgIpc) is 2.97. The summed E-state index contributed by atoms with van der Waals surface area (Å²) in [4.78, 5) is 6.99. The minimum absolute atomic E-state index is 0.531. The van der Waals surface area contributed by atoms with Gasteiger partial charge in [-0.2, -0.15) is 5.26 Å². The molecule has 1 aliphatic heterocycles. The van der Waals surface area contributed by atoms with Crippen molar-refractivity contribution in [3.63, 3.8) is 0 Å². The molecule has 0 N–H and O–H groups in total. The van der Waals surface area contributed by atoms with E-state index in [0.717, 1.165) is 18.0 Å². The molecule has 2 aliphatic rings. The van der Waals surface area contributed by atoms with Crippen LogP contribution in [0.15, 0.2) is 30.3 Å². The first-order valence-electron chi connectivity index (χ1n) is 7.93. The average molecular weight is 277 g/mol. The second-order valence-corrected chi connectivity index (χ2v) is 6.25. The Labute approximate surface area is 125 Å². The number of hydrogen-bond acceptors (Lipinski definition) is 3. The summed E-state index contributed by atoms with van der Waals surface area (Å²) < 4.78 is 0. The molecule has 1 saturated heterocycles. The maximum atomic E-state index is 9.27. The number of nitriles is 1. The highest BCUT2D eigenvalue weighted by Gasteiger charge is 2.36. The van der Waals surface area contributed by atoms with Gasteiger partial charge in [-0.1, -0.05) is 31.0 Å². The van der Waals surface area contributed by atoms with Gasteiger partial charge in [-0.25, -0.2) is 4.98 Å². The topological polar surface area (TPSA) is 39.9 Å². The summed E-state index contributed by atoms with van der Waals surface area (Å²) in [5.74, 6) is 0.844. The van der Waals surface area contributed by atoms with Gasteiger partial charge in [0.05, 0.1) is 5.52 Å². The fourth-order valence-corrected chi connectivity index (χ4v) is 4.16. The Morgan fingerprint density at radius 2 is 2.00 bits per heavy atom. The normalized spacial score (nSPS) is 24.8. The molecule has 3 heteroatoms. The zero-order valence-corrected chi connectivity index (χ0v) is 12.1. The van der Waals surface area contributed by atoms with E-state index in [-0.39, 0.29) is 0 Å². The Morgan fingerprint density at radius 3 is 2.90 bits per heavy atom. The van der Waals surface area contributed by atoms with E-state index in [1.54, 1.807) is 0 Å². The SMILES string of the molecule is N#Cc1cc(N2CCC3CCCCC32)c2ccccc2n1. The molecule has 2 aromatic rings. The number of para-hydroxylation sites is 1. The second kappa shape index (κ2) is 5.04. The number of benzene rings is 1. The third kappa shape index (κ3) is 2.06. The lowest BCUT2D eigenvalue weighted by Crippen LogP contribution is -2.34. The van der Waals surface area contributed by atoms with Crippen LogP contribution in [0.1, 0.15) is 37.8 Å². The second-order valence-electron chi connectivity index (χ2n) is 6.25. The highest BCUT2D eigenvalue weighted by molar-refractivity contribution is 5.92. The Kier molecular flexibility index (Phi) is 3.03. The number of pyridine rings is 1. The minimum atomic E-state index is 0.531. The molecule has 0 bridgehead atoms. The number of aromatic nitrogens is 1. The molecule has 21 heavy (non-hydrogen) atoms. The number of rotatable bonds is 1. The van der Waals surface area contributed by atoms with Crippen LogP contribution >= 0.6 is 0 Å². The number of hydrogen-bond donors (Lipinski definition) is 0. The van der Waals surface area contributed by atoms with E-state index < -0.39 is 0 Å². The molecule has 1 aliphatic carbocycles. The summed E-state index contributed by atoms with van der Waals surface area (Å²) in [5, 5.41) is 10.4. The molecule has 1 aromatic carbocycles. The first kappa shape index (κ1) is 12.6. The summed E-state index contributed by atoms with van der Waals surface area (Å²) in [6.07, 6.45) is 6.68. The maximum Gasteiger partial charge on any atom is 0.143 e. The quantitative estimate of drug-likeness (QED) is 0.794. The standard InChI is InChI=1S/C18H19N3/c19-12-14-11-18(15-6-2-3-7-16(15)20-14)21-10-9-13-5-1-4-8-17(13)21/h2-3,6-7,11,13,17H,1,4-5,8-10H2. The minimum Gasteiger partial charge on any atom is -0.368 e. The molecule has 3 nitrogen and oxygen atoms in total. The van der Waals surface area contributed by atoms with Gasteiger partial charge in [-0.3, -0.25) is 0 Å². The van der Waals surface area contributed by atoms with E-state index in [2.05, 4.69) is 28.1 Å². The van der Waals surface area contributed by atoms with Crippen molar-refractivity contribution >= 4 is 16.6 Å². The first-order chi connectivity index (χ1) is 10.4. The van der Waals surface area contributed by atoms with Gasteiger partial charge < -0.3 is 4.90 Å². The summed E-state index contributed by atoms with van der Waals surface area (Å²) in [5.41, 5.74) is 2.68. The lowest BCUT2D eigenvalue weighted by atomic mass is 9.85. The molecule has 0 spiro atoms. The molecule has 106 valence electrons. The predicted molar refractivity (Wildman–Crippen MR) is 84.2 cm³/mol. The van der Waals surface area contributed by atoms with Crippen molar-refractivity contribution in [1.29, 1.82) is 5.26 Å². The van der Waals surface area contributed by atoms with Gasteiger partial charge in [-0.15, -0.1) is 0 Å². The Hall–Kier alpha value is -2.08. The monoisotopic (exact) mass is 277 g/mol. The van der Waals surface area contributed by atoms with Crippen LogP contribution in [0, 0.1) is 17.2 Å². The molecule has 2 atom stereocenters. The molecule has 2 fully saturated rings. The fraction of sp³-hybridized carbons (Fsp3) is 0.444. The van der Waals surface area contributed by atoms with Gasteiger partial charge in [0, 0.05) is 23.7 Å². The lowest BCUT2D eigenvalue weighted by molar-refractivity contribution is 0.342. The molecule has 2 unspecified atom stereocenters. The Morgan fingerprint density at radius 1 is 1.14 bits per heavy atom. The first-order valence-corrected chi connectivity index (χ1v) is 7.93. The van der Waals surface area contributed by atoms with Crippen LogP contribution < -0.4 is 4.90 Å². The number of fused-ring (bicyclic) bond motifs is 2. The van der Waals surface area contributed by atoms with Crippen LogP contribution in [0.4, 0.5) is 5.69 Å². The van der Waals surface area contributed by atoms with Gasteiger partial charge >= 0.3 is 0 Å². The van der Waals surface area contributed by atoms with Gasteiger partial charge in [0.1, 0.15) is 11.8 Å². The van der Waals surface area contributed by atoms with E-state index in [9.17, 15) is 5.26 Å². The zero-order chi connectivity index (χ0) is 14.2. The Balaban J connectivity index is 1.84. The van der Waals surface area contributed by atoms with Crippen molar-refractivity contribution in [2.45, 2.75) is 38.1 Å². The zero-order valence-electron chi connectivity index (χ0n) is 12.1. The molecule has 1 saturated carbocycles.